The average Bonchev–Trinajstić information content (AvgIpc) is 2.81. The van der Waals surface area contributed by atoms with E-state index in [0.717, 1.165) is 22.5 Å². The van der Waals surface area contributed by atoms with Crippen LogP contribution in [0.4, 0.5) is 0 Å². The van der Waals surface area contributed by atoms with Crippen LogP contribution in [0.3, 0.4) is 0 Å². The molecule has 0 fully saturated rings. The minimum Gasteiger partial charge on any atom is -0.486 e. The molecule has 0 saturated heterocycles. The highest BCUT2D eigenvalue weighted by Gasteiger charge is 2.06. The van der Waals surface area contributed by atoms with Gasteiger partial charge in [0.25, 0.3) is 0 Å². The molecule has 1 aromatic heterocycles. The van der Waals surface area contributed by atoms with Gasteiger partial charge in [-0.1, -0.05) is 29.8 Å². The summed E-state index contributed by atoms with van der Waals surface area (Å²) in [5.41, 5.74) is 2.10. The number of aryl methyl sites for hydroxylation is 1. The molecule has 3 rings (SSSR count). The molecule has 0 amide bonds. The summed E-state index contributed by atoms with van der Waals surface area (Å²) < 4.78 is 11.4. The zero-order chi connectivity index (χ0) is 13.2. The fourth-order valence-electron chi connectivity index (χ4n) is 2.04. The molecule has 2 nitrogen and oxygen atoms in total. The van der Waals surface area contributed by atoms with Crippen LogP contribution in [0, 0.1) is 6.92 Å². The highest BCUT2D eigenvalue weighted by molar-refractivity contribution is 6.30. The van der Waals surface area contributed by atoms with E-state index in [1.165, 1.54) is 5.56 Å². The molecule has 2 aromatic carbocycles. The van der Waals surface area contributed by atoms with E-state index in [4.69, 9.17) is 20.8 Å². The van der Waals surface area contributed by atoms with E-state index in [1.54, 1.807) is 6.07 Å². The first-order valence-corrected chi connectivity index (χ1v) is 6.46. The Bertz CT molecular complexity index is 716. The fourth-order valence-corrected chi connectivity index (χ4v) is 2.22. The molecular formula is C16H13ClO2. The number of fused-ring (bicyclic) bond motifs is 1. The predicted octanol–water partition coefficient (Wildman–Crippen LogP) is 4.97. The second-order valence-corrected chi connectivity index (χ2v) is 4.88. The Morgan fingerprint density at radius 1 is 1.11 bits per heavy atom. The lowest BCUT2D eigenvalue weighted by atomic mass is 10.1. The minimum absolute atomic E-state index is 0.397. The quantitative estimate of drug-likeness (QED) is 0.671. The highest BCUT2D eigenvalue weighted by atomic mass is 35.5. The van der Waals surface area contributed by atoms with Gasteiger partial charge in [-0.3, -0.25) is 0 Å². The molecule has 0 N–H and O–H groups in total. The molecule has 0 saturated carbocycles. The standard InChI is InChI=1S/C16H13ClO2/c1-11-4-2-7-16-15(11)9-14(19-16)10-18-13-6-3-5-12(17)8-13/h2-9H,10H2,1H3. The molecule has 0 radical (unpaired) electrons. The topological polar surface area (TPSA) is 22.4 Å². The van der Waals surface area contributed by atoms with Crippen molar-refractivity contribution >= 4 is 22.6 Å². The summed E-state index contributed by atoms with van der Waals surface area (Å²) in [4.78, 5) is 0. The Hall–Kier alpha value is -1.93. The van der Waals surface area contributed by atoms with Gasteiger partial charge in [0.05, 0.1) is 0 Å². The van der Waals surface area contributed by atoms with Gasteiger partial charge >= 0.3 is 0 Å². The van der Waals surface area contributed by atoms with Crippen molar-refractivity contribution < 1.29 is 9.15 Å². The normalized spacial score (nSPS) is 10.8. The molecule has 0 aliphatic carbocycles. The van der Waals surface area contributed by atoms with Crippen molar-refractivity contribution in [2.24, 2.45) is 0 Å². The highest BCUT2D eigenvalue weighted by Crippen LogP contribution is 2.24. The Morgan fingerprint density at radius 2 is 1.95 bits per heavy atom. The van der Waals surface area contributed by atoms with Crippen LogP contribution in [0.2, 0.25) is 5.02 Å². The van der Waals surface area contributed by atoms with E-state index in [-0.39, 0.29) is 0 Å². The summed E-state index contributed by atoms with van der Waals surface area (Å²) in [5.74, 6) is 1.55. The van der Waals surface area contributed by atoms with Crippen molar-refractivity contribution in [2.45, 2.75) is 13.5 Å². The van der Waals surface area contributed by atoms with Crippen molar-refractivity contribution in [3.8, 4) is 5.75 Å². The van der Waals surface area contributed by atoms with Gasteiger partial charge in [-0.05, 0) is 42.8 Å². The van der Waals surface area contributed by atoms with Crippen LogP contribution in [0.25, 0.3) is 11.0 Å². The minimum atomic E-state index is 0.397. The van der Waals surface area contributed by atoms with Gasteiger partial charge in [-0.15, -0.1) is 0 Å². The van der Waals surface area contributed by atoms with Crippen LogP contribution in [-0.4, -0.2) is 0 Å². The molecule has 96 valence electrons. The van der Waals surface area contributed by atoms with E-state index in [0.29, 0.717) is 11.6 Å². The first kappa shape index (κ1) is 12.1. The van der Waals surface area contributed by atoms with Gasteiger partial charge in [0, 0.05) is 10.4 Å². The maximum atomic E-state index is 5.91. The summed E-state index contributed by atoms with van der Waals surface area (Å²) in [6.45, 7) is 2.47. The van der Waals surface area contributed by atoms with Gasteiger partial charge in [0.2, 0.25) is 0 Å². The SMILES string of the molecule is Cc1cccc2oc(COc3cccc(Cl)c3)cc12. The van der Waals surface area contributed by atoms with E-state index in [9.17, 15) is 0 Å². The predicted molar refractivity (Wildman–Crippen MR) is 76.7 cm³/mol. The monoisotopic (exact) mass is 272 g/mol. The van der Waals surface area contributed by atoms with Crippen LogP contribution in [0.15, 0.2) is 52.9 Å². The zero-order valence-corrected chi connectivity index (χ0v) is 11.3. The molecule has 0 bridgehead atoms. The smallest absolute Gasteiger partial charge is 0.146 e. The van der Waals surface area contributed by atoms with Gasteiger partial charge in [0.15, 0.2) is 0 Å². The number of benzene rings is 2. The lowest BCUT2D eigenvalue weighted by Gasteiger charge is -2.03. The van der Waals surface area contributed by atoms with Crippen LogP contribution in [0.5, 0.6) is 5.75 Å². The maximum Gasteiger partial charge on any atom is 0.146 e. The Morgan fingerprint density at radius 3 is 2.74 bits per heavy atom. The summed E-state index contributed by atoms with van der Waals surface area (Å²) in [7, 11) is 0. The third-order valence-corrected chi connectivity index (χ3v) is 3.24. The molecular weight excluding hydrogens is 260 g/mol. The zero-order valence-electron chi connectivity index (χ0n) is 10.5. The number of ether oxygens (including phenoxy) is 1. The fraction of sp³-hybridized carbons (Fsp3) is 0.125. The maximum absolute atomic E-state index is 5.91. The third-order valence-electron chi connectivity index (χ3n) is 3.01. The first-order valence-electron chi connectivity index (χ1n) is 6.09. The van der Waals surface area contributed by atoms with E-state index in [1.807, 2.05) is 36.4 Å². The van der Waals surface area contributed by atoms with Crippen LogP contribution in [0.1, 0.15) is 11.3 Å². The van der Waals surface area contributed by atoms with E-state index in [2.05, 4.69) is 13.0 Å². The van der Waals surface area contributed by atoms with Crippen LogP contribution >= 0.6 is 11.6 Å². The van der Waals surface area contributed by atoms with Crippen molar-refractivity contribution in [1.82, 2.24) is 0 Å². The summed E-state index contributed by atoms with van der Waals surface area (Å²) in [6.07, 6.45) is 0. The molecule has 19 heavy (non-hydrogen) atoms. The van der Waals surface area contributed by atoms with E-state index < -0.39 is 0 Å². The Balaban J connectivity index is 1.80. The number of rotatable bonds is 3. The number of furan rings is 1. The van der Waals surface area contributed by atoms with Gasteiger partial charge < -0.3 is 9.15 Å². The van der Waals surface area contributed by atoms with Crippen molar-refractivity contribution in [3.63, 3.8) is 0 Å². The Labute approximate surface area is 116 Å². The molecule has 0 aliphatic heterocycles. The number of halogens is 1. The van der Waals surface area contributed by atoms with Crippen LogP contribution in [-0.2, 0) is 6.61 Å². The third kappa shape index (κ3) is 2.59. The lowest BCUT2D eigenvalue weighted by Crippen LogP contribution is -1.93. The average molecular weight is 273 g/mol. The summed E-state index contributed by atoms with van der Waals surface area (Å²) >= 11 is 5.91. The summed E-state index contributed by atoms with van der Waals surface area (Å²) in [6, 6.07) is 15.4. The van der Waals surface area contributed by atoms with Gasteiger partial charge in [-0.25, -0.2) is 0 Å². The summed E-state index contributed by atoms with van der Waals surface area (Å²) in [5, 5.41) is 1.80. The van der Waals surface area contributed by atoms with E-state index >= 15 is 0 Å². The lowest BCUT2D eigenvalue weighted by molar-refractivity contribution is 0.274. The molecule has 0 atom stereocenters. The number of hydrogen-bond donors (Lipinski definition) is 0. The molecule has 3 heteroatoms. The van der Waals surface area contributed by atoms with Gasteiger partial charge in [0.1, 0.15) is 23.7 Å². The molecule has 3 aromatic rings. The Kier molecular flexibility index (Phi) is 3.18. The molecule has 0 aliphatic rings. The molecule has 1 heterocycles. The van der Waals surface area contributed by atoms with Crippen molar-refractivity contribution in [3.05, 3.63) is 64.9 Å². The van der Waals surface area contributed by atoms with Gasteiger partial charge in [-0.2, -0.15) is 0 Å². The second kappa shape index (κ2) is 4.98. The van der Waals surface area contributed by atoms with Crippen LogP contribution < -0.4 is 4.74 Å². The molecule has 0 unspecified atom stereocenters. The first-order chi connectivity index (χ1) is 9.22. The van der Waals surface area contributed by atoms with Crippen molar-refractivity contribution in [1.29, 1.82) is 0 Å². The molecule has 0 spiro atoms. The largest absolute Gasteiger partial charge is 0.486 e. The van der Waals surface area contributed by atoms with Crippen molar-refractivity contribution in [2.75, 3.05) is 0 Å². The second-order valence-electron chi connectivity index (χ2n) is 4.45. The number of hydrogen-bond acceptors (Lipinski definition) is 2.